The minimum atomic E-state index is -0.601. The van der Waals surface area contributed by atoms with Gasteiger partial charge in [-0.05, 0) is 37.6 Å². The first-order valence-electron chi connectivity index (χ1n) is 9.38. The Hall–Kier alpha value is -2.15. The van der Waals surface area contributed by atoms with Crippen LogP contribution in [0.1, 0.15) is 28.8 Å². The SMILES string of the molecule is CNC1CCCN(C(=O)C(Cc2ccccc2)NC(=O)c2cccnc2)C1.Cl.Cl. The predicted molar refractivity (Wildman–Crippen MR) is 119 cm³/mol. The Labute approximate surface area is 184 Å². The van der Waals surface area contributed by atoms with Crippen LogP contribution < -0.4 is 10.6 Å². The first kappa shape index (κ1) is 24.9. The second-order valence-electron chi connectivity index (χ2n) is 6.87. The third-order valence-electron chi connectivity index (χ3n) is 4.95. The maximum atomic E-state index is 13.2. The number of carbonyl (C=O) groups excluding carboxylic acids is 2. The summed E-state index contributed by atoms with van der Waals surface area (Å²) in [6.07, 6.45) is 5.62. The Bertz CT molecular complexity index is 762. The summed E-state index contributed by atoms with van der Waals surface area (Å²) in [5.41, 5.74) is 1.47. The summed E-state index contributed by atoms with van der Waals surface area (Å²) >= 11 is 0. The summed E-state index contributed by atoms with van der Waals surface area (Å²) in [7, 11) is 1.92. The van der Waals surface area contributed by atoms with E-state index in [4.69, 9.17) is 0 Å². The van der Waals surface area contributed by atoms with E-state index in [0.29, 0.717) is 24.6 Å². The van der Waals surface area contributed by atoms with Gasteiger partial charge in [-0.15, -0.1) is 24.8 Å². The van der Waals surface area contributed by atoms with Crippen molar-refractivity contribution < 1.29 is 9.59 Å². The van der Waals surface area contributed by atoms with E-state index < -0.39 is 6.04 Å². The van der Waals surface area contributed by atoms with Crippen molar-refractivity contribution in [2.45, 2.75) is 31.3 Å². The number of hydrogen-bond donors (Lipinski definition) is 2. The summed E-state index contributed by atoms with van der Waals surface area (Å²) < 4.78 is 0. The molecule has 6 nitrogen and oxygen atoms in total. The molecule has 158 valence electrons. The smallest absolute Gasteiger partial charge is 0.253 e. The molecule has 2 aromatic rings. The van der Waals surface area contributed by atoms with Gasteiger partial charge in [-0.3, -0.25) is 14.6 Å². The number of nitrogens with zero attached hydrogens (tertiary/aromatic N) is 2. The van der Waals surface area contributed by atoms with Crippen LogP contribution in [-0.4, -0.2) is 53.9 Å². The summed E-state index contributed by atoms with van der Waals surface area (Å²) in [6.45, 7) is 1.40. The topological polar surface area (TPSA) is 74.3 Å². The fourth-order valence-electron chi connectivity index (χ4n) is 3.42. The zero-order chi connectivity index (χ0) is 19.1. The number of piperidine rings is 1. The Kier molecular flexibility index (Phi) is 10.7. The van der Waals surface area contributed by atoms with E-state index in [1.165, 1.54) is 6.20 Å². The molecule has 2 N–H and O–H groups in total. The van der Waals surface area contributed by atoms with Gasteiger partial charge in [0.2, 0.25) is 5.91 Å². The molecule has 0 bridgehead atoms. The fraction of sp³-hybridized carbons (Fsp3) is 0.381. The largest absolute Gasteiger partial charge is 0.340 e. The molecule has 0 saturated carbocycles. The second-order valence-corrected chi connectivity index (χ2v) is 6.87. The molecule has 0 aliphatic carbocycles. The summed E-state index contributed by atoms with van der Waals surface area (Å²) in [5.74, 6) is -0.310. The van der Waals surface area contributed by atoms with Gasteiger partial charge in [0, 0.05) is 37.9 Å². The van der Waals surface area contributed by atoms with Crippen LogP contribution in [0.2, 0.25) is 0 Å². The van der Waals surface area contributed by atoms with Crippen LogP contribution in [0.5, 0.6) is 0 Å². The number of halogens is 2. The highest BCUT2D eigenvalue weighted by molar-refractivity contribution is 5.97. The first-order chi connectivity index (χ1) is 13.2. The number of pyridine rings is 1. The zero-order valence-electron chi connectivity index (χ0n) is 16.4. The lowest BCUT2D eigenvalue weighted by Crippen LogP contribution is -2.54. The fourth-order valence-corrected chi connectivity index (χ4v) is 3.42. The van der Waals surface area contributed by atoms with E-state index in [1.807, 2.05) is 42.3 Å². The second kappa shape index (κ2) is 12.4. The molecule has 0 spiro atoms. The number of nitrogens with one attached hydrogen (secondary N) is 2. The van der Waals surface area contributed by atoms with E-state index in [2.05, 4.69) is 15.6 Å². The van der Waals surface area contributed by atoms with E-state index in [9.17, 15) is 9.59 Å². The van der Waals surface area contributed by atoms with Crippen molar-refractivity contribution in [1.29, 1.82) is 0 Å². The molecule has 1 aromatic heterocycles. The maximum absolute atomic E-state index is 13.2. The third kappa shape index (κ3) is 6.99. The van der Waals surface area contributed by atoms with Gasteiger partial charge >= 0.3 is 0 Å². The monoisotopic (exact) mass is 438 g/mol. The molecule has 8 heteroatoms. The molecule has 2 atom stereocenters. The number of aromatic nitrogens is 1. The summed E-state index contributed by atoms with van der Waals surface area (Å²) in [6, 6.07) is 12.9. The molecule has 1 aliphatic heterocycles. The van der Waals surface area contributed by atoms with Gasteiger partial charge in [0.15, 0.2) is 0 Å². The molecular formula is C21H28Cl2N4O2. The highest BCUT2D eigenvalue weighted by Gasteiger charge is 2.30. The van der Waals surface area contributed by atoms with Gasteiger partial charge in [0.25, 0.3) is 5.91 Å². The molecule has 2 amide bonds. The van der Waals surface area contributed by atoms with Crippen LogP contribution in [0, 0.1) is 0 Å². The highest BCUT2D eigenvalue weighted by Crippen LogP contribution is 2.14. The van der Waals surface area contributed by atoms with Crippen molar-refractivity contribution >= 4 is 36.6 Å². The van der Waals surface area contributed by atoms with Crippen molar-refractivity contribution in [3.05, 3.63) is 66.0 Å². The van der Waals surface area contributed by atoms with Crippen molar-refractivity contribution in [2.24, 2.45) is 0 Å². The molecule has 1 aromatic carbocycles. The lowest BCUT2D eigenvalue weighted by atomic mass is 10.0. The van der Waals surface area contributed by atoms with Crippen LogP contribution in [0.15, 0.2) is 54.9 Å². The Balaban J connectivity index is 0.00000210. The number of likely N-dealkylation sites (N-methyl/N-ethyl adjacent to an activating group) is 1. The molecule has 3 rings (SSSR count). The molecule has 29 heavy (non-hydrogen) atoms. The number of hydrogen-bond acceptors (Lipinski definition) is 4. The minimum Gasteiger partial charge on any atom is -0.340 e. The normalized spacial score (nSPS) is 16.7. The van der Waals surface area contributed by atoms with Crippen molar-refractivity contribution in [1.82, 2.24) is 20.5 Å². The van der Waals surface area contributed by atoms with E-state index in [0.717, 1.165) is 24.9 Å². The molecule has 1 aliphatic rings. The van der Waals surface area contributed by atoms with Gasteiger partial charge in [0.05, 0.1) is 5.56 Å². The Morgan fingerprint density at radius 1 is 1.17 bits per heavy atom. The standard InChI is InChI=1S/C21H26N4O2.2ClH/c1-22-18-10-6-12-25(15-18)21(27)19(13-16-7-3-2-4-8-16)24-20(26)17-9-5-11-23-14-17;;/h2-5,7-9,11,14,18-19,22H,6,10,12-13,15H2,1H3,(H,24,26);2*1H. The van der Waals surface area contributed by atoms with Crippen LogP contribution in [0.3, 0.4) is 0 Å². The number of amides is 2. The van der Waals surface area contributed by atoms with Gasteiger partial charge < -0.3 is 15.5 Å². The number of likely N-dealkylation sites (tertiary alicyclic amines) is 1. The minimum absolute atomic E-state index is 0. The molecular weight excluding hydrogens is 411 g/mol. The van der Waals surface area contributed by atoms with E-state index in [-0.39, 0.29) is 36.6 Å². The van der Waals surface area contributed by atoms with Crippen LogP contribution in [0.25, 0.3) is 0 Å². The lowest BCUT2D eigenvalue weighted by molar-refractivity contribution is -0.134. The van der Waals surface area contributed by atoms with Crippen molar-refractivity contribution in [3.63, 3.8) is 0 Å². The van der Waals surface area contributed by atoms with Crippen LogP contribution in [-0.2, 0) is 11.2 Å². The van der Waals surface area contributed by atoms with E-state index >= 15 is 0 Å². The van der Waals surface area contributed by atoms with Gasteiger partial charge in [-0.1, -0.05) is 30.3 Å². The molecule has 2 heterocycles. The van der Waals surface area contributed by atoms with E-state index in [1.54, 1.807) is 18.3 Å². The highest BCUT2D eigenvalue weighted by atomic mass is 35.5. The average Bonchev–Trinajstić information content (AvgIpc) is 2.74. The molecule has 1 fully saturated rings. The third-order valence-corrected chi connectivity index (χ3v) is 4.95. The Morgan fingerprint density at radius 2 is 1.93 bits per heavy atom. The molecule has 1 saturated heterocycles. The van der Waals surface area contributed by atoms with Crippen molar-refractivity contribution in [3.8, 4) is 0 Å². The number of rotatable bonds is 6. The van der Waals surface area contributed by atoms with Crippen LogP contribution in [0.4, 0.5) is 0 Å². The number of benzene rings is 1. The van der Waals surface area contributed by atoms with Crippen LogP contribution >= 0.6 is 24.8 Å². The molecule has 0 radical (unpaired) electrons. The average molecular weight is 439 g/mol. The lowest BCUT2D eigenvalue weighted by Gasteiger charge is -2.35. The van der Waals surface area contributed by atoms with Gasteiger partial charge in [-0.25, -0.2) is 0 Å². The zero-order valence-corrected chi connectivity index (χ0v) is 18.0. The number of carbonyl (C=O) groups is 2. The predicted octanol–water partition coefficient (Wildman–Crippen LogP) is 2.48. The first-order valence-corrected chi connectivity index (χ1v) is 9.38. The van der Waals surface area contributed by atoms with Crippen molar-refractivity contribution in [2.75, 3.05) is 20.1 Å². The summed E-state index contributed by atoms with van der Waals surface area (Å²) in [4.78, 5) is 31.7. The van der Waals surface area contributed by atoms with Gasteiger partial charge in [-0.2, -0.15) is 0 Å². The molecule has 2 unspecified atom stereocenters. The van der Waals surface area contributed by atoms with Gasteiger partial charge in [0.1, 0.15) is 6.04 Å². The quantitative estimate of drug-likeness (QED) is 0.726. The summed E-state index contributed by atoms with van der Waals surface area (Å²) in [5, 5.41) is 6.18. The maximum Gasteiger partial charge on any atom is 0.253 e. The Morgan fingerprint density at radius 3 is 2.59 bits per heavy atom.